The van der Waals surface area contributed by atoms with E-state index >= 15 is 0 Å². The molecule has 0 aliphatic rings. The third kappa shape index (κ3) is 4.79. The molecule has 0 rings (SSSR count). The first-order valence-electron chi connectivity index (χ1n) is 4.22. The molecule has 11 heavy (non-hydrogen) atoms. The smallest absolute Gasteiger partial charge is 0.0308 e. The van der Waals surface area contributed by atoms with Crippen molar-refractivity contribution in [1.82, 2.24) is 5.32 Å². The molecule has 0 aromatic rings. The highest BCUT2D eigenvalue weighted by atomic mass is 14.9. The molecule has 0 aromatic heterocycles. The van der Waals surface area contributed by atoms with Gasteiger partial charge in [-0.1, -0.05) is 25.2 Å². The second-order valence-electron chi connectivity index (χ2n) is 2.88. The Bertz CT molecular complexity index is 127. The van der Waals surface area contributed by atoms with Crippen molar-refractivity contribution in [1.29, 1.82) is 0 Å². The molecule has 0 radical (unpaired) electrons. The van der Waals surface area contributed by atoms with Crippen LogP contribution in [-0.2, 0) is 0 Å². The van der Waals surface area contributed by atoms with Gasteiger partial charge in [-0.25, -0.2) is 0 Å². The number of hydrogen-bond donors (Lipinski definition) is 1. The van der Waals surface area contributed by atoms with Crippen LogP contribution >= 0.6 is 0 Å². The molecule has 1 nitrogen and oxygen atoms in total. The van der Waals surface area contributed by atoms with Crippen molar-refractivity contribution < 1.29 is 0 Å². The van der Waals surface area contributed by atoms with Crippen molar-refractivity contribution in [2.75, 3.05) is 6.54 Å². The summed E-state index contributed by atoms with van der Waals surface area (Å²) >= 11 is 0. The largest absolute Gasteiger partial charge is 0.310 e. The maximum absolute atomic E-state index is 3.92. The molecule has 0 saturated carbocycles. The minimum Gasteiger partial charge on any atom is -0.310 e. The Labute approximate surface area is 70.2 Å². The number of hydrogen-bond acceptors (Lipinski definition) is 1. The third-order valence-electron chi connectivity index (χ3n) is 1.64. The number of nitrogens with one attached hydrogen (secondary N) is 1. The van der Waals surface area contributed by atoms with Crippen LogP contribution in [0.3, 0.4) is 0 Å². The van der Waals surface area contributed by atoms with Crippen LogP contribution in [0.4, 0.5) is 0 Å². The molecule has 0 heterocycles. The summed E-state index contributed by atoms with van der Waals surface area (Å²) < 4.78 is 0. The number of rotatable bonds is 6. The topological polar surface area (TPSA) is 12.0 Å². The van der Waals surface area contributed by atoms with Gasteiger partial charge in [-0.15, -0.1) is 6.58 Å². The van der Waals surface area contributed by atoms with Gasteiger partial charge >= 0.3 is 0 Å². The van der Waals surface area contributed by atoms with E-state index in [9.17, 15) is 0 Å². The minimum absolute atomic E-state index is 0.424. The molecular formula is C10H19N. The van der Waals surface area contributed by atoms with Gasteiger partial charge in [0.1, 0.15) is 0 Å². The fourth-order valence-corrected chi connectivity index (χ4v) is 0.944. The van der Waals surface area contributed by atoms with E-state index in [1.165, 1.54) is 12.0 Å². The van der Waals surface area contributed by atoms with Crippen molar-refractivity contribution in [2.45, 2.75) is 32.7 Å². The van der Waals surface area contributed by atoms with Crippen LogP contribution in [0.1, 0.15) is 26.7 Å². The zero-order valence-corrected chi connectivity index (χ0v) is 7.69. The molecule has 0 spiro atoms. The fraction of sp³-hybridized carbons (Fsp3) is 0.600. The maximum atomic E-state index is 3.92. The lowest BCUT2D eigenvalue weighted by atomic mass is 10.1. The Morgan fingerprint density at radius 2 is 2.27 bits per heavy atom. The monoisotopic (exact) mass is 153 g/mol. The van der Waals surface area contributed by atoms with E-state index in [2.05, 4.69) is 32.3 Å². The summed E-state index contributed by atoms with van der Waals surface area (Å²) in [6, 6.07) is 0.424. The Kier molecular flexibility index (Phi) is 5.86. The molecule has 64 valence electrons. The summed E-state index contributed by atoms with van der Waals surface area (Å²) in [5, 5.41) is 3.40. The predicted molar refractivity (Wildman–Crippen MR) is 51.7 cm³/mol. The van der Waals surface area contributed by atoms with Crippen molar-refractivity contribution >= 4 is 0 Å². The highest BCUT2D eigenvalue weighted by Gasteiger charge is 2.04. The van der Waals surface area contributed by atoms with E-state index in [0.717, 1.165) is 13.0 Å². The van der Waals surface area contributed by atoms with Crippen LogP contribution in [0, 0.1) is 0 Å². The Balaban J connectivity index is 3.69. The summed E-state index contributed by atoms with van der Waals surface area (Å²) in [4.78, 5) is 0. The molecule has 1 heteroatoms. The van der Waals surface area contributed by atoms with Gasteiger partial charge in [0.2, 0.25) is 0 Å². The van der Waals surface area contributed by atoms with Gasteiger partial charge in [0, 0.05) is 6.04 Å². The predicted octanol–water partition coefficient (Wildman–Crippen LogP) is 2.51. The van der Waals surface area contributed by atoms with Crippen LogP contribution in [-0.4, -0.2) is 12.6 Å². The standard InChI is InChI=1S/C10H19N/c1-5-7-10(9(3)4)11-8-6-2/h5,10-11H,1,3,6-8H2,2,4H3. The van der Waals surface area contributed by atoms with Gasteiger partial charge < -0.3 is 5.32 Å². The van der Waals surface area contributed by atoms with Crippen molar-refractivity contribution in [3.63, 3.8) is 0 Å². The molecule has 0 saturated heterocycles. The molecule has 0 bridgehead atoms. The molecule has 1 N–H and O–H groups in total. The maximum Gasteiger partial charge on any atom is 0.0308 e. The van der Waals surface area contributed by atoms with Crippen LogP contribution in [0.15, 0.2) is 24.8 Å². The Morgan fingerprint density at radius 3 is 2.64 bits per heavy atom. The summed E-state index contributed by atoms with van der Waals surface area (Å²) in [5.41, 5.74) is 1.19. The molecular weight excluding hydrogens is 134 g/mol. The van der Waals surface area contributed by atoms with Crippen molar-refractivity contribution in [2.24, 2.45) is 0 Å². The summed E-state index contributed by atoms with van der Waals surface area (Å²) in [6.07, 6.45) is 4.08. The lowest BCUT2D eigenvalue weighted by Gasteiger charge is -2.16. The first kappa shape index (κ1) is 10.4. The van der Waals surface area contributed by atoms with Crippen LogP contribution < -0.4 is 5.32 Å². The normalized spacial score (nSPS) is 12.5. The third-order valence-corrected chi connectivity index (χ3v) is 1.64. The average Bonchev–Trinajstić information content (AvgIpc) is 1.97. The van der Waals surface area contributed by atoms with Crippen molar-refractivity contribution in [3.05, 3.63) is 24.8 Å². The fourth-order valence-electron chi connectivity index (χ4n) is 0.944. The van der Waals surface area contributed by atoms with Gasteiger partial charge in [-0.2, -0.15) is 0 Å². The van der Waals surface area contributed by atoms with Gasteiger partial charge in [0.25, 0.3) is 0 Å². The molecule has 0 aromatic carbocycles. The van der Waals surface area contributed by atoms with Crippen LogP contribution in [0.2, 0.25) is 0 Å². The van der Waals surface area contributed by atoms with E-state index in [0.29, 0.717) is 6.04 Å². The zero-order chi connectivity index (χ0) is 8.69. The average molecular weight is 153 g/mol. The molecule has 0 fully saturated rings. The van der Waals surface area contributed by atoms with Crippen LogP contribution in [0.5, 0.6) is 0 Å². The van der Waals surface area contributed by atoms with E-state index in [4.69, 9.17) is 0 Å². The molecule has 1 unspecified atom stereocenters. The van der Waals surface area contributed by atoms with E-state index in [1.807, 2.05) is 6.08 Å². The molecule has 0 aliphatic carbocycles. The summed E-state index contributed by atoms with van der Waals surface area (Å²) in [7, 11) is 0. The van der Waals surface area contributed by atoms with E-state index in [1.54, 1.807) is 0 Å². The lowest BCUT2D eigenvalue weighted by Crippen LogP contribution is -2.29. The second kappa shape index (κ2) is 6.17. The van der Waals surface area contributed by atoms with Crippen molar-refractivity contribution in [3.8, 4) is 0 Å². The quantitative estimate of drug-likeness (QED) is 0.578. The molecule has 0 aliphatic heterocycles. The zero-order valence-electron chi connectivity index (χ0n) is 7.69. The summed E-state index contributed by atoms with van der Waals surface area (Å²) in [6.45, 7) is 12.9. The van der Waals surface area contributed by atoms with Gasteiger partial charge in [-0.3, -0.25) is 0 Å². The highest BCUT2D eigenvalue weighted by molar-refractivity contribution is 5.03. The first-order chi connectivity index (χ1) is 5.22. The van der Waals surface area contributed by atoms with Crippen LogP contribution in [0.25, 0.3) is 0 Å². The summed E-state index contributed by atoms with van der Waals surface area (Å²) in [5.74, 6) is 0. The van der Waals surface area contributed by atoms with Gasteiger partial charge in [0.05, 0.1) is 0 Å². The SMILES string of the molecule is C=CCC(NCCC)C(=C)C. The molecule has 0 amide bonds. The molecule has 1 atom stereocenters. The lowest BCUT2D eigenvalue weighted by molar-refractivity contribution is 0.571. The van der Waals surface area contributed by atoms with E-state index < -0.39 is 0 Å². The minimum atomic E-state index is 0.424. The Morgan fingerprint density at radius 1 is 1.64 bits per heavy atom. The van der Waals surface area contributed by atoms with Gasteiger partial charge in [-0.05, 0) is 26.3 Å². The van der Waals surface area contributed by atoms with Gasteiger partial charge in [0.15, 0.2) is 0 Å². The van der Waals surface area contributed by atoms with E-state index in [-0.39, 0.29) is 0 Å². The Hall–Kier alpha value is -0.560. The highest BCUT2D eigenvalue weighted by Crippen LogP contribution is 2.03. The second-order valence-corrected chi connectivity index (χ2v) is 2.88. The first-order valence-corrected chi connectivity index (χ1v) is 4.22.